The minimum Gasteiger partial charge on any atom is -0.264 e. The highest BCUT2D eigenvalue weighted by atomic mass is 32.2. The maximum Gasteiger partial charge on any atom is 0.119 e. The van der Waals surface area contributed by atoms with E-state index in [4.69, 9.17) is 0 Å². The second kappa shape index (κ2) is 7.49. The largest absolute Gasteiger partial charge is 0.264 e. The van der Waals surface area contributed by atoms with Gasteiger partial charge in [-0.05, 0) is 44.1 Å². The number of rotatable bonds is 3. The summed E-state index contributed by atoms with van der Waals surface area (Å²) in [5.74, 6) is 0. The lowest BCUT2D eigenvalue weighted by Crippen LogP contribution is -1.91. The number of fused-ring (bicyclic) bond motifs is 3. The summed E-state index contributed by atoms with van der Waals surface area (Å²) in [6, 6.07) is 25.8. The molecule has 146 valence electrons. The predicted molar refractivity (Wildman–Crippen MR) is 128 cm³/mol. The van der Waals surface area contributed by atoms with E-state index in [1.807, 2.05) is 18.6 Å². The van der Waals surface area contributed by atoms with E-state index in [9.17, 15) is 0 Å². The van der Waals surface area contributed by atoms with E-state index < -0.39 is 0 Å². The fourth-order valence-electron chi connectivity index (χ4n) is 4.27. The van der Waals surface area contributed by atoms with Gasteiger partial charge in [0.25, 0.3) is 0 Å². The number of benzene rings is 4. The molecule has 6 rings (SSSR count). The van der Waals surface area contributed by atoms with Gasteiger partial charge in [0, 0.05) is 35.1 Å². The van der Waals surface area contributed by atoms with Crippen LogP contribution in [0.4, 0.5) is 0 Å². The number of nitrogens with zero attached hydrogens (tertiary/aromatic N) is 3. The van der Waals surface area contributed by atoms with Crippen LogP contribution < -0.4 is 0 Å². The molecule has 0 saturated carbocycles. The number of aromatic nitrogens is 3. The maximum atomic E-state index is 4.50. The van der Waals surface area contributed by atoms with Crippen molar-refractivity contribution in [3.05, 3.63) is 104 Å². The predicted octanol–water partition coefficient (Wildman–Crippen LogP) is 7.15. The van der Waals surface area contributed by atoms with Crippen molar-refractivity contribution >= 4 is 44.1 Å². The van der Waals surface area contributed by atoms with Gasteiger partial charge in [0.2, 0.25) is 0 Å². The fraction of sp³-hybridized carbons (Fsp3) is 0. The molecule has 6 aromatic rings. The van der Waals surface area contributed by atoms with Crippen LogP contribution in [0, 0.1) is 0 Å². The van der Waals surface area contributed by atoms with Crippen molar-refractivity contribution in [1.29, 1.82) is 0 Å². The van der Waals surface area contributed by atoms with Gasteiger partial charge in [-0.3, -0.25) is 9.97 Å². The quantitative estimate of drug-likeness (QED) is 0.288. The van der Waals surface area contributed by atoms with Gasteiger partial charge in [0.1, 0.15) is 5.03 Å². The highest BCUT2D eigenvalue weighted by Gasteiger charge is 2.17. The first-order chi connectivity index (χ1) is 15.4. The van der Waals surface area contributed by atoms with Crippen LogP contribution in [0.15, 0.2) is 114 Å². The van der Waals surface area contributed by atoms with Crippen LogP contribution in [-0.2, 0) is 0 Å². The molecule has 0 N–H and O–H groups in total. The highest BCUT2D eigenvalue weighted by molar-refractivity contribution is 7.99. The van der Waals surface area contributed by atoms with Crippen LogP contribution in [0.2, 0.25) is 0 Å². The number of hydrogen-bond acceptors (Lipinski definition) is 4. The Morgan fingerprint density at radius 3 is 2.16 bits per heavy atom. The molecule has 0 amide bonds. The van der Waals surface area contributed by atoms with E-state index in [-0.39, 0.29) is 0 Å². The summed E-state index contributed by atoms with van der Waals surface area (Å²) in [4.78, 5) is 14.4. The zero-order valence-corrected chi connectivity index (χ0v) is 17.4. The molecule has 0 atom stereocenters. The topological polar surface area (TPSA) is 38.7 Å². The Kier molecular flexibility index (Phi) is 4.36. The molecule has 2 heterocycles. The van der Waals surface area contributed by atoms with Crippen molar-refractivity contribution in [2.24, 2.45) is 0 Å². The molecule has 0 unspecified atom stereocenters. The Bertz CT molecular complexity index is 1500. The molecule has 0 saturated heterocycles. The third-order valence-electron chi connectivity index (χ3n) is 5.58. The van der Waals surface area contributed by atoms with Crippen molar-refractivity contribution in [2.45, 2.75) is 9.92 Å². The second-order valence-corrected chi connectivity index (χ2v) is 8.37. The molecule has 4 aromatic carbocycles. The second-order valence-electron chi connectivity index (χ2n) is 7.34. The Morgan fingerprint density at radius 2 is 1.29 bits per heavy atom. The molecule has 0 aliphatic heterocycles. The van der Waals surface area contributed by atoms with Crippen LogP contribution in [0.3, 0.4) is 0 Å². The van der Waals surface area contributed by atoms with E-state index in [0.29, 0.717) is 0 Å². The first-order valence-electron chi connectivity index (χ1n) is 10.1. The summed E-state index contributed by atoms with van der Waals surface area (Å²) in [6.07, 6.45) is 9.10. The molecule has 4 heteroatoms. The monoisotopic (exact) mass is 415 g/mol. The van der Waals surface area contributed by atoms with Crippen LogP contribution in [0.1, 0.15) is 0 Å². The maximum absolute atomic E-state index is 4.50. The lowest BCUT2D eigenvalue weighted by molar-refractivity contribution is 1.06. The van der Waals surface area contributed by atoms with Gasteiger partial charge in [-0.2, -0.15) is 0 Å². The number of hydrogen-bond donors (Lipinski definition) is 0. The minimum atomic E-state index is 0.878. The van der Waals surface area contributed by atoms with E-state index in [1.54, 1.807) is 24.2 Å². The van der Waals surface area contributed by atoms with E-state index in [0.717, 1.165) is 10.4 Å². The van der Waals surface area contributed by atoms with Crippen molar-refractivity contribution in [2.75, 3.05) is 0 Å². The molecular weight excluding hydrogens is 398 g/mol. The van der Waals surface area contributed by atoms with Crippen molar-refractivity contribution in [1.82, 2.24) is 15.0 Å². The Hall–Kier alpha value is -3.76. The molecular formula is C27H17N3S. The number of pyridine rings is 1. The van der Waals surface area contributed by atoms with Gasteiger partial charge in [0.05, 0.1) is 6.20 Å². The van der Waals surface area contributed by atoms with Crippen molar-refractivity contribution < 1.29 is 0 Å². The third-order valence-corrected chi connectivity index (χ3v) is 6.65. The van der Waals surface area contributed by atoms with Gasteiger partial charge >= 0.3 is 0 Å². The SMILES string of the molecule is c1ccc2c(-c3c4ccccc4c(Sc4cnccn4)c4ccncc34)cccc2c1. The summed E-state index contributed by atoms with van der Waals surface area (Å²) in [7, 11) is 0. The van der Waals surface area contributed by atoms with Crippen LogP contribution in [0.25, 0.3) is 43.4 Å². The van der Waals surface area contributed by atoms with Gasteiger partial charge in [-0.25, -0.2) is 4.98 Å². The van der Waals surface area contributed by atoms with Gasteiger partial charge < -0.3 is 0 Å². The molecule has 31 heavy (non-hydrogen) atoms. The first kappa shape index (κ1) is 18.0. The van der Waals surface area contributed by atoms with Crippen LogP contribution in [0.5, 0.6) is 0 Å². The third kappa shape index (κ3) is 3.04. The minimum absolute atomic E-state index is 0.878. The molecule has 0 bridgehead atoms. The van der Waals surface area contributed by atoms with E-state index in [1.165, 1.54) is 43.0 Å². The van der Waals surface area contributed by atoms with Crippen LogP contribution >= 0.6 is 11.8 Å². The lowest BCUT2D eigenvalue weighted by atomic mass is 9.90. The molecule has 0 aliphatic carbocycles. The average molecular weight is 416 g/mol. The first-order valence-corrected chi connectivity index (χ1v) is 10.9. The lowest BCUT2D eigenvalue weighted by Gasteiger charge is -2.17. The highest BCUT2D eigenvalue weighted by Crippen LogP contribution is 2.45. The Labute approximate surface area is 183 Å². The Balaban J connectivity index is 1.75. The molecule has 0 spiro atoms. The standard InChI is InChI=1S/C27H17N3S/c1-2-8-19-18(6-1)7-5-11-20(19)26-21-9-3-4-10-22(21)27(23-12-13-28-16-24(23)26)31-25-17-29-14-15-30-25/h1-17H. The van der Waals surface area contributed by atoms with Gasteiger partial charge in [0.15, 0.2) is 0 Å². The van der Waals surface area contributed by atoms with E-state index >= 15 is 0 Å². The van der Waals surface area contributed by atoms with Crippen molar-refractivity contribution in [3.63, 3.8) is 0 Å². The zero-order valence-electron chi connectivity index (χ0n) is 16.6. The summed E-state index contributed by atoms with van der Waals surface area (Å²) >= 11 is 1.65. The fourth-order valence-corrected chi connectivity index (χ4v) is 5.28. The molecule has 0 fully saturated rings. The summed E-state index contributed by atoms with van der Waals surface area (Å²) in [5, 5.41) is 8.10. The summed E-state index contributed by atoms with van der Waals surface area (Å²) < 4.78 is 0. The zero-order chi connectivity index (χ0) is 20.6. The molecule has 2 aromatic heterocycles. The normalized spacial score (nSPS) is 11.4. The van der Waals surface area contributed by atoms with Gasteiger partial charge in [-0.1, -0.05) is 78.5 Å². The smallest absolute Gasteiger partial charge is 0.119 e. The van der Waals surface area contributed by atoms with Gasteiger partial charge in [-0.15, -0.1) is 0 Å². The molecule has 3 nitrogen and oxygen atoms in total. The Morgan fingerprint density at radius 1 is 0.548 bits per heavy atom. The summed E-state index contributed by atoms with van der Waals surface area (Å²) in [5.41, 5.74) is 2.45. The average Bonchev–Trinajstić information content (AvgIpc) is 2.84. The van der Waals surface area contributed by atoms with Crippen molar-refractivity contribution in [3.8, 4) is 11.1 Å². The molecule has 0 aliphatic rings. The summed E-state index contributed by atoms with van der Waals surface area (Å²) in [6.45, 7) is 0. The van der Waals surface area contributed by atoms with E-state index in [2.05, 4.69) is 87.7 Å². The van der Waals surface area contributed by atoms with Crippen LogP contribution in [-0.4, -0.2) is 15.0 Å². The molecule has 0 radical (unpaired) electrons.